The molecule has 0 saturated carbocycles. The summed E-state index contributed by atoms with van der Waals surface area (Å²) in [7, 11) is 0. The zero-order valence-electron chi connectivity index (χ0n) is 13.0. The second-order valence-electron chi connectivity index (χ2n) is 5.36. The van der Waals surface area contributed by atoms with Gasteiger partial charge in [-0.25, -0.2) is 9.50 Å². The molecule has 0 saturated heterocycles. The first kappa shape index (κ1) is 15.4. The van der Waals surface area contributed by atoms with Crippen LogP contribution < -0.4 is 4.74 Å². The van der Waals surface area contributed by atoms with E-state index in [1.54, 1.807) is 16.6 Å². The number of fused-ring (bicyclic) bond motifs is 1. The summed E-state index contributed by atoms with van der Waals surface area (Å²) >= 11 is 6.02. The molecule has 0 amide bonds. The van der Waals surface area contributed by atoms with E-state index in [4.69, 9.17) is 16.3 Å². The van der Waals surface area contributed by atoms with Gasteiger partial charge in [0.15, 0.2) is 5.82 Å². The van der Waals surface area contributed by atoms with Gasteiger partial charge in [0.05, 0.1) is 5.02 Å². The largest absolute Gasteiger partial charge is 0.425 e. The molecule has 0 bridgehead atoms. The van der Waals surface area contributed by atoms with E-state index in [0.717, 1.165) is 17.0 Å². The van der Waals surface area contributed by atoms with Gasteiger partial charge in [0.2, 0.25) is 0 Å². The van der Waals surface area contributed by atoms with Crippen LogP contribution in [-0.4, -0.2) is 25.6 Å². The van der Waals surface area contributed by atoms with Crippen LogP contribution in [0, 0.1) is 20.8 Å². The van der Waals surface area contributed by atoms with Crippen molar-refractivity contribution in [1.29, 1.82) is 0 Å². The Hall–Kier alpha value is -2.47. The monoisotopic (exact) mass is 330 g/mol. The maximum atomic E-state index is 12.1. The third-order valence-corrected chi connectivity index (χ3v) is 3.59. The molecule has 0 radical (unpaired) electrons. The fourth-order valence-electron chi connectivity index (χ4n) is 2.26. The fourth-order valence-corrected chi connectivity index (χ4v) is 2.42. The van der Waals surface area contributed by atoms with E-state index in [0.29, 0.717) is 22.4 Å². The van der Waals surface area contributed by atoms with Crippen molar-refractivity contribution in [3.8, 4) is 5.75 Å². The van der Waals surface area contributed by atoms with Gasteiger partial charge in [-0.1, -0.05) is 17.7 Å². The quantitative estimate of drug-likeness (QED) is 0.545. The molecule has 0 aliphatic heterocycles. The van der Waals surface area contributed by atoms with Crippen molar-refractivity contribution >= 4 is 23.3 Å². The molecule has 0 N–H and O–H groups in total. The Bertz CT molecular complexity index is 904. The molecule has 3 aromatic rings. The summed E-state index contributed by atoms with van der Waals surface area (Å²) in [5, 5.41) is 4.67. The first-order chi connectivity index (χ1) is 10.9. The van der Waals surface area contributed by atoms with Gasteiger partial charge in [-0.05, 0) is 44.5 Å². The summed E-state index contributed by atoms with van der Waals surface area (Å²) in [5.74, 6) is 0.701. The molecule has 0 aliphatic rings. The minimum Gasteiger partial charge on any atom is -0.425 e. The Balaban J connectivity index is 1.80. The van der Waals surface area contributed by atoms with Crippen molar-refractivity contribution in [3.63, 3.8) is 0 Å². The SMILES string of the molecule is Cc1ccc(Cl)c(OC(=O)Cc2nc3nc(C)cc(C)n3n2)c1. The highest BCUT2D eigenvalue weighted by molar-refractivity contribution is 6.32. The summed E-state index contributed by atoms with van der Waals surface area (Å²) in [4.78, 5) is 20.6. The van der Waals surface area contributed by atoms with Crippen LogP contribution in [0.25, 0.3) is 5.78 Å². The van der Waals surface area contributed by atoms with Crippen LogP contribution in [-0.2, 0) is 11.2 Å². The lowest BCUT2D eigenvalue weighted by molar-refractivity contribution is -0.133. The van der Waals surface area contributed by atoms with Gasteiger partial charge in [0.1, 0.15) is 12.2 Å². The van der Waals surface area contributed by atoms with Crippen LogP contribution in [0.5, 0.6) is 5.75 Å². The molecular weight excluding hydrogens is 316 g/mol. The average molecular weight is 331 g/mol. The zero-order chi connectivity index (χ0) is 16.6. The predicted molar refractivity (Wildman–Crippen MR) is 85.8 cm³/mol. The van der Waals surface area contributed by atoms with Gasteiger partial charge in [-0.3, -0.25) is 4.79 Å². The molecule has 118 valence electrons. The van der Waals surface area contributed by atoms with Crippen molar-refractivity contribution in [2.45, 2.75) is 27.2 Å². The minimum absolute atomic E-state index is 0.0495. The molecule has 0 unspecified atom stereocenters. The third-order valence-electron chi connectivity index (χ3n) is 3.28. The van der Waals surface area contributed by atoms with Crippen molar-refractivity contribution in [3.05, 3.63) is 52.1 Å². The number of aryl methyl sites for hydroxylation is 3. The van der Waals surface area contributed by atoms with E-state index in [9.17, 15) is 4.79 Å². The number of esters is 1. The van der Waals surface area contributed by atoms with Gasteiger partial charge in [0.25, 0.3) is 5.78 Å². The van der Waals surface area contributed by atoms with Crippen LogP contribution in [0.1, 0.15) is 22.8 Å². The van der Waals surface area contributed by atoms with Gasteiger partial charge in [-0.2, -0.15) is 4.98 Å². The number of hydrogen-bond donors (Lipinski definition) is 0. The highest BCUT2D eigenvalue weighted by atomic mass is 35.5. The lowest BCUT2D eigenvalue weighted by Crippen LogP contribution is -2.12. The molecule has 0 aliphatic carbocycles. The standard InChI is InChI=1S/C16H15ClN4O2/c1-9-4-5-12(17)13(6-9)23-15(22)8-14-19-16-18-10(2)7-11(3)21(16)20-14/h4-7H,8H2,1-3H3. The van der Waals surface area contributed by atoms with Gasteiger partial charge in [-0.15, -0.1) is 5.10 Å². The number of hydrogen-bond acceptors (Lipinski definition) is 5. The molecule has 2 heterocycles. The molecule has 2 aromatic heterocycles. The lowest BCUT2D eigenvalue weighted by atomic mass is 10.2. The second kappa shape index (κ2) is 5.96. The van der Waals surface area contributed by atoms with Crippen molar-refractivity contribution in [2.24, 2.45) is 0 Å². The topological polar surface area (TPSA) is 69.4 Å². The smallest absolute Gasteiger partial charge is 0.319 e. The number of carbonyl (C=O) groups is 1. The summed E-state index contributed by atoms with van der Waals surface area (Å²) in [6.07, 6.45) is -0.0495. The number of halogens is 1. The lowest BCUT2D eigenvalue weighted by Gasteiger charge is -2.05. The number of carbonyl (C=O) groups excluding carboxylic acids is 1. The van der Waals surface area contributed by atoms with Crippen LogP contribution in [0.2, 0.25) is 5.02 Å². The van der Waals surface area contributed by atoms with E-state index >= 15 is 0 Å². The van der Waals surface area contributed by atoms with Gasteiger partial charge in [0, 0.05) is 11.4 Å². The highest BCUT2D eigenvalue weighted by Gasteiger charge is 2.14. The average Bonchev–Trinajstić information content (AvgIpc) is 2.85. The number of ether oxygens (including phenoxy) is 1. The molecule has 0 fully saturated rings. The van der Waals surface area contributed by atoms with Crippen LogP contribution in [0.3, 0.4) is 0 Å². The van der Waals surface area contributed by atoms with Crippen molar-refractivity contribution in [2.75, 3.05) is 0 Å². The van der Waals surface area contributed by atoms with E-state index in [1.165, 1.54) is 0 Å². The van der Waals surface area contributed by atoms with Crippen LogP contribution in [0.4, 0.5) is 0 Å². The van der Waals surface area contributed by atoms with Crippen molar-refractivity contribution in [1.82, 2.24) is 19.6 Å². The summed E-state index contributed by atoms with van der Waals surface area (Å²) in [5.41, 5.74) is 2.71. The number of benzene rings is 1. The van der Waals surface area contributed by atoms with E-state index < -0.39 is 5.97 Å². The van der Waals surface area contributed by atoms with Crippen LogP contribution in [0.15, 0.2) is 24.3 Å². The first-order valence-electron chi connectivity index (χ1n) is 7.09. The van der Waals surface area contributed by atoms with Crippen molar-refractivity contribution < 1.29 is 9.53 Å². The van der Waals surface area contributed by atoms with E-state index in [2.05, 4.69) is 15.1 Å². The maximum absolute atomic E-state index is 12.1. The summed E-state index contributed by atoms with van der Waals surface area (Å²) < 4.78 is 6.91. The van der Waals surface area contributed by atoms with Gasteiger partial charge >= 0.3 is 5.97 Å². The molecule has 3 rings (SSSR count). The van der Waals surface area contributed by atoms with E-state index in [1.807, 2.05) is 32.9 Å². The molecule has 7 heteroatoms. The highest BCUT2D eigenvalue weighted by Crippen LogP contribution is 2.25. The minimum atomic E-state index is -0.470. The fraction of sp³-hybridized carbons (Fsp3) is 0.250. The van der Waals surface area contributed by atoms with Crippen LogP contribution >= 0.6 is 11.6 Å². The molecule has 1 aromatic carbocycles. The van der Waals surface area contributed by atoms with Gasteiger partial charge < -0.3 is 4.74 Å². The Kier molecular flexibility index (Phi) is 4.00. The predicted octanol–water partition coefficient (Wildman–Crippen LogP) is 2.85. The molecule has 6 nitrogen and oxygen atoms in total. The Labute approximate surface area is 138 Å². The Morgan fingerprint density at radius 3 is 2.78 bits per heavy atom. The van der Waals surface area contributed by atoms with E-state index in [-0.39, 0.29) is 6.42 Å². The Morgan fingerprint density at radius 2 is 2.00 bits per heavy atom. The first-order valence-corrected chi connectivity index (χ1v) is 7.47. The maximum Gasteiger partial charge on any atom is 0.319 e. The molecular formula is C16H15ClN4O2. The second-order valence-corrected chi connectivity index (χ2v) is 5.77. The summed E-state index contributed by atoms with van der Waals surface area (Å²) in [6, 6.07) is 7.15. The Morgan fingerprint density at radius 1 is 1.22 bits per heavy atom. The molecule has 0 spiro atoms. The molecule has 23 heavy (non-hydrogen) atoms. The number of rotatable bonds is 3. The number of nitrogens with zero attached hydrogens (tertiary/aromatic N) is 4. The summed E-state index contributed by atoms with van der Waals surface area (Å²) in [6.45, 7) is 5.69. The molecule has 0 atom stereocenters. The third kappa shape index (κ3) is 3.32. The normalized spacial score (nSPS) is 11.0. The number of aromatic nitrogens is 4. The zero-order valence-corrected chi connectivity index (χ0v) is 13.8.